The van der Waals surface area contributed by atoms with Crippen LogP contribution in [-0.4, -0.2) is 15.3 Å². The maximum absolute atomic E-state index is 13.3. The molecular formula is C32H21FN2O6S. The van der Waals surface area contributed by atoms with Crippen LogP contribution in [0.1, 0.15) is 22.6 Å². The van der Waals surface area contributed by atoms with Gasteiger partial charge in [-0.1, -0.05) is 36.4 Å². The van der Waals surface area contributed by atoms with Gasteiger partial charge in [-0.15, -0.1) is 0 Å². The fourth-order valence-corrected chi connectivity index (χ4v) is 5.10. The van der Waals surface area contributed by atoms with Crippen molar-refractivity contribution in [1.82, 2.24) is 0 Å². The molecule has 0 saturated heterocycles. The highest BCUT2D eigenvalue weighted by Crippen LogP contribution is 2.42. The lowest BCUT2D eigenvalue weighted by Crippen LogP contribution is -2.21. The maximum atomic E-state index is 13.3. The molecule has 8 nitrogen and oxygen atoms in total. The molecule has 10 heteroatoms. The lowest BCUT2D eigenvalue weighted by atomic mass is 9.84. The molecule has 0 unspecified atom stereocenters. The van der Waals surface area contributed by atoms with Gasteiger partial charge in [0.2, 0.25) is 0 Å². The summed E-state index contributed by atoms with van der Waals surface area (Å²) in [7, 11) is 0. The summed E-state index contributed by atoms with van der Waals surface area (Å²) in [4.78, 5) is 26.7. The van der Waals surface area contributed by atoms with Crippen molar-refractivity contribution in [3.05, 3.63) is 140 Å². The molecule has 0 aliphatic rings. The predicted molar refractivity (Wildman–Crippen MR) is 162 cm³/mol. The number of hydrogen-bond donors (Lipinski definition) is 4. The zero-order valence-corrected chi connectivity index (χ0v) is 22.4. The average Bonchev–Trinajstić information content (AvgIpc) is 2.98. The Morgan fingerprint density at radius 3 is 1.57 bits per heavy atom. The largest absolute Gasteiger partial charge is 0.507 e. The minimum Gasteiger partial charge on any atom is -0.507 e. The van der Waals surface area contributed by atoms with Crippen molar-refractivity contribution in [2.24, 2.45) is 0 Å². The molecule has 0 fully saturated rings. The van der Waals surface area contributed by atoms with E-state index in [1.807, 2.05) is 0 Å². The van der Waals surface area contributed by atoms with Crippen LogP contribution in [0.15, 0.2) is 115 Å². The number of hydrogen-bond acceptors (Lipinski definition) is 7. The summed E-state index contributed by atoms with van der Waals surface area (Å²) >= 11 is 5.36. The standard InChI is InChI=1S/C32H21FN2O6S/c33-18-11-15-20(16-12-18)35-32(42)34-19-13-9-17(10-14-19)25(26-28(36)21-5-1-3-7-23(21)40-30(26)38)27-29(37)22-6-2-4-8-24(22)41-31(27)39/h1-16,25,36-37H,(H2,34,35,42). The molecule has 2 heterocycles. The van der Waals surface area contributed by atoms with Gasteiger partial charge in [0.05, 0.1) is 27.8 Å². The molecule has 6 rings (SSSR count). The van der Waals surface area contributed by atoms with Gasteiger partial charge in [0.25, 0.3) is 0 Å². The van der Waals surface area contributed by atoms with E-state index in [-0.39, 0.29) is 55.5 Å². The third kappa shape index (κ3) is 4.95. The van der Waals surface area contributed by atoms with Gasteiger partial charge in [0.15, 0.2) is 5.11 Å². The van der Waals surface area contributed by atoms with Gasteiger partial charge in [0.1, 0.15) is 28.5 Å². The quantitative estimate of drug-likeness (QED) is 0.135. The van der Waals surface area contributed by atoms with E-state index in [0.717, 1.165) is 0 Å². The summed E-state index contributed by atoms with van der Waals surface area (Å²) in [5.41, 5.74) is -0.373. The molecule has 4 N–H and O–H groups in total. The summed E-state index contributed by atoms with van der Waals surface area (Å²) < 4.78 is 24.2. The Labute approximate surface area is 242 Å². The van der Waals surface area contributed by atoms with Crippen LogP contribution in [0, 0.1) is 5.82 Å². The van der Waals surface area contributed by atoms with E-state index in [0.29, 0.717) is 16.9 Å². The third-order valence-corrected chi connectivity index (χ3v) is 7.03. The van der Waals surface area contributed by atoms with E-state index in [1.165, 1.54) is 12.1 Å². The van der Waals surface area contributed by atoms with Gasteiger partial charge in [0, 0.05) is 11.4 Å². The minimum absolute atomic E-state index is 0.166. The van der Waals surface area contributed by atoms with E-state index < -0.39 is 17.2 Å². The summed E-state index contributed by atoms with van der Waals surface area (Å²) in [6, 6.07) is 25.2. The van der Waals surface area contributed by atoms with Crippen molar-refractivity contribution >= 4 is 50.6 Å². The van der Waals surface area contributed by atoms with Crippen LogP contribution >= 0.6 is 12.2 Å². The van der Waals surface area contributed by atoms with E-state index in [2.05, 4.69) is 10.6 Å². The monoisotopic (exact) mass is 580 g/mol. The van der Waals surface area contributed by atoms with E-state index in [9.17, 15) is 24.2 Å². The van der Waals surface area contributed by atoms with Crippen molar-refractivity contribution in [3.8, 4) is 11.5 Å². The second-order valence-corrected chi connectivity index (χ2v) is 9.85. The molecular weight excluding hydrogens is 559 g/mol. The highest BCUT2D eigenvalue weighted by molar-refractivity contribution is 7.80. The molecule has 0 atom stereocenters. The number of benzene rings is 4. The van der Waals surface area contributed by atoms with Crippen LogP contribution in [0.5, 0.6) is 11.5 Å². The van der Waals surface area contributed by atoms with Crippen molar-refractivity contribution in [2.45, 2.75) is 5.92 Å². The van der Waals surface area contributed by atoms with E-state index in [4.69, 9.17) is 21.1 Å². The molecule has 42 heavy (non-hydrogen) atoms. The second kappa shape index (κ2) is 10.8. The van der Waals surface area contributed by atoms with Gasteiger partial charge in [-0.2, -0.15) is 0 Å². The number of aromatic hydroxyl groups is 2. The molecule has 208 valence electrons. The van der Waals surface area contributed by atoms with Crippen LogP contribution in [0.4, 0.5) is 15.8 Å². The zero-order chi connectivity index (χ0) is 29.4. The normalized spacial score (nSPS) is 11.2. The Kier molecular flexibility index (Phi) is 6.89. The first-order chi connectivity index (χ1) is 20.3. The number of anilines is 2. The molecule has 0 bridgehead atoms. The Hall–Kier alpha value is -5.48. The SMILES string of the molecule is O=c1oc2ccccc2c(O)c1C(c1ccc(NC(=S)Nc2ccc(F)cc2)cc1)c1c(O)c2ccccc2oc1=O. The fourth-order valence-electron chi connectivity index (χ4n) is 4.87. The van der Waals surface area contributed by atoms with Gasteiger partial charge >= 0.3 is 11.3 Å². The molecule has 4 aromatic carbocycles. The number of halogens is 1. The first-order valence-corrected chi connectivity index (χ1v) is 13.1. The van der Waals surface area contributed by atoms with Crippen LogP contribution in [0.3, 0.4) is 0 Å². The van der Waals surface area contributed by atoms with Crippen molar-refractivity contribution < 1.29 is 23.4 Å². The highest BCUT2D eigenvalue weighted by Gasteiger charge is 2.32. The first kappa shape index (κ1) is 26.7. The van der Waals surface area contributed by atoms with Crippen LogP contribution in [-0.2, 0) is 0 Å². The summed E-state index contributed by atoms with van der Waals surface area (Å²) in [6.45, 7) is 0. The molecule has 0 radical (unpaired) electrons. The molecule has 0 saturated carbocycles. The number of rotatable bonds is 5. The predicted octanol–water partition coefficient (Wildman–Crippen LogP) is 6.44. The number of thiocarbonyl (C=S) groups is 1. The lowest BCUT2D eigenvalue weighted by molar-refractivity contribution is 0.441. The Bertz CT molecular complexity index is 1990. The van der Waals surface area contributed by atoms with Gasteiger partial charge in [-0.05, 0) is 78.4 Å². The first-order valence-electron chi connectivity index (χ1n) is 12.7. The Balaban J connectivity index is 1.46. The van der Waals surface area contributed by atoms with Gasteiger partial charge in [-0.25, -0.2) is 14.0 Å². The molecule has 0 spiro atoms. The molecule has 0 aliphatic carbocycles. The Morgan fingerprint density at radius 1 is 0.667 bits per heavy atom. The van der Waals surface area contributed by atoms with Gasteiger partial charge < -0.3 is 29.7 Å². The van der Waals surface area contributed by atoms with E-state index in [1.54, 1.807) is 84.9 Å². The fraction of sp³-hybridized carbons (Fsp3) is 0.0312. The smallest absolute Gasteiger partial charge is 0.344 e. The minimum atomic E-state index is -1.26. The highest BCUT2D eigenvalue weighted by atomic mass is 32.1. The molecule has 6 aromatic rings. The lowest BCUT2D eigenvalue weighted by Gasteiger charge is -2.20. The number of para-hydroxylation sites is 2. The average molecular weight is 581 g/mol. The van der Waals surface area contributed by atoms with Crippen molar-refractivity contribution in [1.29, 1.82) is 0 Å². The molecule has 0 amide bonds. The van der Waals surface area contributed by atoms with Crippen molar-refractivity contribution in [2.75, 3.05) is 10.6 Å². The topological polar surface area (TPSA) is 125 Å². The van der Waals surface area contributed by atoms with Crippen LogP contribution in [0.25, 0.3) is 21.9 Å². The van der Waals surface area contributed by atoms with Gasteiger partial charge in [-0.3, -0.25) is 0 Å². The van der Waals surface area contributed by atoms with Crippen LogP contribution < -0.4 is 21.9 Å². The third-order valence-electron chi connectivity index (χ3n) is 6.82. The summed E-state index contributed by atoms with van der Waals surface area (Å²) in [5.74, 6) is -2.40. The van der Waals surface area contributed by atoms with Crippen LogP contribution in [0.2, 0.25) is 0 Å². The summed E-state index contributed by atoms with van der Waals surface area (Å²) in [5, 5.41) is 29.4. The zero-order valence-electron chi connectivity index (χ0n) is 21.6. The second-order valence-electron chi connectivity index (χ2n) is 9.44. The number of fused-ring (bicyclic) bond motifs is 2. The molecule has 2 aromatic heterocycles. The van der Waals surface area contributed by atoms with E-state index >= 15 is 0 Å². The van der Waals surface area contributed by atoms with Crippen molar-refractivity contribution in [3.63, 3.8) is 0 Å². The maximum Gasteiger partial charge on any atom is 0.344 e. The molecule has 0 aliphatic heterocycles. The Morgan fingerprint density at radius 2 is 1.10 bits per heavy atom. The summed E-state index contributed by atoms with van der Waals surface area (Å²) in [6.07, 6.45) is 0. The number of nitrogens with one attached hydrogen (secondary N) is 2.